The van der Waals surface area contributed by atoms with E-state index in [1.807, 2.05) is 0 Å². The van der Waals surface area contributed by atoms with E-state index in [1.54, 1.807) is 13.8 Å². The summed E-state index contributed by atoms with van der Waals surface area (Å²) >= 11 is 0. The van der Waals surface area contributed by atoms with Crippen LogP contribution in [0.25, 0.3) is 0 Å². The van der Waals surface area contributed by atoms with Gasteiger partial charge in [-0.2, -0.15) is 26.3 Å². The van der Waals surface area contributed by atoms with Crippen molar-refractivity contribution >= 4 is 0 Å². The maximum atomic E-state index is 13.9. The summed E-state index contributed by atoms with van der Waals surface area (Å²) in [5, 5.41) is 0. The van der Waals surface area contributed by atoms with Crippen LogP contribution >= 0.6 is 0 Å². The van der Waals surface area contributed by atoms with E-state index in [0.717, 1.165) is 0 Å². The standard InChI is InChI=1S/C13H12F7/c1-7(2)9-4-8(3)5-10(6-9)11(14,12(15,16)17)13(18,19)20/h5-7H,1-3H3. The van der Waals surface area contributed by atoms with Gasteiger partial charge in [-0.25, -0.2) is 4.39 Å². The molecule has 0 aliphatic carbocycles. The molecule has 1 aromatic rings. The Balaban J connectivity index is 3.60. The van der Waals surface area contributed by atoms with Gasteiger partial charge in [0.25, 0.3) is 0 Å². The van der Waals surface area contributed by atoms with Crippen LogP contribution < -0.4 is 0 Å². The van der Waals surface area contributed by atoms with Crippen LogP contribution in [0.2, 0.25) is 0 Å². The lowest BCUT2D eigenvalue weighted by molar-refractivity contribution is -0.348. The molecule has 113 valence electrons. The van der Waals surface area contributed by atoms with E-state index in [9.17, 15) is 30.7 Å². The van der Waals surface area contributed by atoms with Gasteiger partial charge in [-0.3, -0.25) is 0 Å². The second-order valence-electron chi connectivity index (χ2n) is 4.82. The number of alkyl halides is 7. The summed E-state index contributed by atoms with van der Waals surface area (Å²) in [6.07, 6.45) is -12.2. The molecule has 0 saturated heterocycles. The maximum Gasteiger partial charge on any atom is 0.435 e. The van der Waals surface area contributed by atoms with Gasteiger partial charge in [0.2, 0.25) is 0 Å². The highest BCUT2D eigenvalue weighted by Crippen LogP contribution is 2.53. The van der Waals surface area contributed by atoms with Gasteiger partial charge in [0.15, 0.2) is 0 Å². The fraction of sp³-hybridized carbons (Fsp3) is 0.538. The molecule has 1 aromatic carbocycles. The van der Waals surface area contributed by atoms with Crippen LogP contribution in [0.1, 0.15) is 36.5 Å². The fourth-order valence-electron chi connectivity index (χ4n) is 1.74. The third-order valence-electron chi connectivity index (χ3n) is 2.83. The Morgan fingerprint density at radius 3 is 1.70 bits per heavy atom. The summed E-state index contributed by atoms with van der Waals surface area (Å²) < 4.78 is 89.8. The molecular formula is C13H12F7. The predicted molar refractivity (Wildman–Crippen MR) is 59.0 cm³/mol. The fourth-order valence-corrected chi connectivity index (χ4v) is 1.74. The van der Waals surface area contributed by atoms with Gasteiger partial charge in [0, 0.05) is 5.56 Å². The Morgan fingerprint density at radius 1 is 0.900 bits per heavy atom. The van der Waals surface area contributed by atoms with Crippen molar-refractivity contribution in [1.29, 1.82) is 0 Å². The molecule has 0 saturated carbocycles. The van der Waals surface area contributed by atoms with Crippen molar-refractivity contribution in [1.82, 2.24) is 0 Å². The largest absolute Gasteiger partial charge is 0.435 e. The average molecular weight is 301 g/mol. The number of hydrogen-bond donors (Lipinski definition) is 0. The summed E-state index contributed by atoms with van der Waals surface area (Å²) in [5.41, 5.74) is -6.74. The van der Waals surface area contributed by atoms with E-state index in [1.165, 1.54) is 6.92 Å². The quantitative estimate of drug-likeness (QED) is 0.658. The van der Waals surface area contributed by atoms with Gasteiger partial charge in [-0.1, -0.05) is 26.0 Å². The third-order valence-corrected chi connectivity index (χ3v) is 2.83. The van der Waals surface area contributed by atoms with E-state index in [4.69, 9.17) is 0 Å². The zero-order valence-corrected chi connectivity index (χ0v) is 10.9. The van der Waals surface area contributed by atoms with Crippen molar-refractivity contribution in [3.05, 3.63) is 34.9 Å². The second-order valence-corrected chi connectivity index (χ2v) is 4.82. The first-order chi connectivity index (χ1) is 8.80. The van der Waals surface area contributed by atoms with Crippen molar-refractivity contribution in [3.63, 3.8) is 0 Å². The Bertz CT molecular complexity index is 468. The summed E-state index contributed by atoms with van der Waals surface area (Å²) in [6.45, 7) is 4.40. The summed E-state index contributed by atoms with van der Waals surface area (Å²) in [6, 6.07) is 3.71. The van der Waals surface area contributed by atoms with Crippen molar-refractivity contribution < 1.29 is 30.7 Å². The Kier molecular flexibility index (Phi) is 4.14. The van der Waals surface area contributed by atoms with Crippen LogP contribution in [-0.4, -0.2) is 12.4 Å². The maximum absolute atomic E-state index is 13.9. The molecule has 0 bridgehead atoms. The summed E-state index contributed by atoms with van der Waals surface area (Å²) in [4.78, 5) is 0. The number of aryl methyl sites for hydroxylation is 1. The minimum atomic E-state index is -6.09. The van der Waals surface area contributed by atoms with Crippen molar-refractivity contribution in [3.8, 4) is 0 Å². The zero-order chi connectivity index (χ0) is 15.9. The van der Waals surface area contributed by atoms with Crippen molar-refractivity contribution in [2.45, 2.75) is 44.7 Å². The van der Waals surface area contributed by atoms with Gasteiger partial charge < -0.3 is 0 Å². The lowest BCUT2D eigenvalue weighted by Gasteiger charge is -2.31. The topological polar surface area (TPSA) is 0 Å². The van der Waals surface area contributed by atoms with Gasteiger partial charge in [0.05, 0.1) is 0 Å². The van der Waals surface area contributed by atoms with E-state index in [2.05, 4.69) is 6.07 Å². The first-order valence-corrected chi connectivity index (χ1v) is 5.67. The molecule has 0 heterocycles. The number of halogens is 7. The van der Waals surface area contributed by atoms with Gasteiger partial charge in [0.1, 0.15) is 0 Å². The highest BCUT2D eigenvalue weighted by molar-refractivity contribution is 5.36. The molecule has 0 unspecified atom stereocenters. The molecule has 0 aromatic heterocycles. The van der Waals surface area contributed by atoms with Crippen LogP contribution in [-0.2, 0) is 5.67 Å². The highest BCUT2D eigenvalue weighted by Gasteiger charge is 2.73. The summed E-state index contributed by atoms with van der Waals surface area (Å²) in [5.74, 6) is -0.376. The van der Waals surface area contributed by atoms with Crippen LogP contribution in [0.5, 0.6) is 0 Å². The van der Waals surface area contributed by atoms with E-state index in [0.29, 0.717) is 12.1 Å². The Morgan fingerprint density at radius 2 is 1.35 bits per heavy atom. The normalized spacial score (nSPS) is 13.9. The van der Waals surface area contributed by atoms with E-state index < -0.39 is 23.6 Å². The molecule has 1 radical (unpaired) electrons. The molecule has 0 amide bonds. The molecule has 0 N–H and O–H groups in total. The van der Waals surface area contributed by atoms with Crippen LogP contribution in [0.3, 0.4) is 0 Å². The van der Waals surface area contributed by atoms with Crippen LogP contribution in [0.4, 0.5) is 30.7 Å². The van der Waals surface area contributed by atoms with Crippen molar-refractivity contribution in [2.24, 2.45) is 0 Å². The number of benzene rings is 1. The first-order valence-electron chi connectivity index (χ1n) is 5.67. The Labute approximate surface area is 111 Å². The van der Waals surface area contributed by atoms with Crippen LogP contribution in [0.15, 0.2) is 12.1 Å². The monoisotopic (exact) mass is 301 g/mol. The van der Waals surface area contributed by atoms with Crippen LogP contribution in [0, 0.1) is 13.0 Å². The Hall–Kier alpha value is -1.27. The molecule has 0 fully saturated rings. The molecule has 20 heavy (non-hydrogen) atoms. The minimum absolute atomic E-state index is 0.0155. The molecule has 0 aliphatic heterocycles. The molecule has 0 nitrogen and oxygen atoms in total. The van der Waals surface area contributed by atoms with Gasteiger partial charge in [-0.05, 0) is 30.0 Å². The molecule has 0 spiro atoms. The lowest BCUT2D eigenvalue weighted by Crippen LogP contribution is -2.50. The second kappa shape index (κ2) is 4.93. The minimum Gasteiger partial charge on any atom is -0.218 e. The van der Waals surface area contributed by atoms with E-state index in [-0.39, 0.29) is 17.0 Å². The highest BCUT2D eigenvalue weighted by atomic mass is 19.4. The third kappa shape index (κ3) is 2.76. The number of rotatable bonds is 2. The first kappa shape index (κ1) is 16.8. The predicted octanol–water partition coefficient (Wildman–Crippen LogP) is 5.21. The lowest BCUT2D eigenvalue weighted by atomic mass is 9.89. The smallest absolute Gasteiger partial charge is 0.218 e. The molecule has 7 heteroatoms. The van der Waals surface area contributed by atoms with Crippen molar-refractivity contribution in [2.75, 3.05) is 0 Å². The molecule has 1 rings (SSSR count). The number of hydrogen-bond acceptors (Lipinski definition) is 0. The summed E-state index contributed by atoms with van der Waals surface area (Å²) in [7, 11) is 0. The molecular weight excluding hydrogens is 289 g/mol. The average Bonchev–Trinajstić information content (AvgIpc) is 2.23. The molecule has 0 atom stereocenters. The van der Waals surface area contributed by atoms with E-state index >= 15 is 0 Å². The van der Waals surface area contributed by atoms with Gasteiger partial charge >= 0.3 is 18.0 Å². The SMILES string of the molecule is Cc1[c]c(C(C)C)cc(C(F)(C(F)(F)F)C(F)(F)F)c1. The zero-order valence-electron chi connectivity index (χ0n) is 10.9. The molecule has 0 aliphatic rings. The van der Waals surface area contributed by atoms with Gasteiger partial charge in [-0.15, -0.1) is 0 Å².